The molecule has 3 rings (SSSR count). The predicted molar refractivity (Wildman–Crippen MR) is 82.7 cm³/mol. The molecule has 1 aliphatic carbocycles. The average molecular weight is 353 g/mol. The highest BCUT2D eigenvalue weighted by Gasteiger charge is 2.37. The highest BCUT2D eigenvalue weighted by atomic mass is 35.5. The molecular weight excluding hydrogens is 332 g/mol. The summed E-state index contributed by atoms with van der Waals surface area (Å²) in [6.45, 7) is 2.67. The molecule has 1 saturated heterocycles. The number of piperazine rings is 1. The van der Waals surface area contributed by atoms with Gasteiger partial charge < -0.3 is 5.32 Å². The van der Waals surface area contributed by atoms with Gasteiger partial charge in [0.25, 0.3) is 0 Å². The predicted octanol–water partition coefficient (Wildman–Crippen LogP) is 3.80. The highest BCUT2D eigenvalue weighted by molar-refractivity contribution is 5.85. The summed E-state index contributed by atoms with van der Waals surface area (Å²) in [5, 5.41) is 3.19. The Labute approximate surface area is 139 Å². The fraction of sp³-hybridized carbons (Fsp3) is 0.625. The van der Waals surface area contributed by atoms with Crippen LogP contribution in [-0.2, 0) is 0 Å². The zero-order valence-electron chi connectivity index (χ0n) is 12.8. The summed E-state index contributed by atoms with van der Waals surface area (Å²) in [6.07, 6.45) is 3.67. The molecule has 1 saturated carbocycles. The molecule has 0 unspecified atom stereocenters. The van der Waals surface area contributed by atoms with Crippen molar-refractivity contribution in [3.05, 3.63) is 34.9 Å². The van der Waals surface area contributed by atoms with Crippen LogP contribution in [-0.4, -0.2) is 31.1 Å². The molecule has 2 fully saturated rings. The summed E-state index contributed by atoms with van der Waals surface area (Å²) in [5.74, 6) is -5.06. The van der Waals surface area contributed by atoms with Gasteiger partial charge in [-0.05, 0) is 18.8 Å². The van der Waals surface area contributed by atoms with Crippen LogP contribution in [0.2, 0.25) is 0 Å². The Balaban J connectivity index is 0.00000192. The Morgan fingerprint density at radius 3 is 2.00 bits per heavy atom. The minimum absolute atomic E-state index is 0. The molecule has 1 aromatic rings. The number of rotatable bonds is 3. The van der Waals surface area contributed by atoms with Crippen LogP contribution in [0.3, 0.4) is 0 Å². The van der Waals surface area contributed by atoms with E-state index in [1.54, 1.807) is 0 Å². The second-order valence-corrected chi connectivity index (χ2v) is 6.16. The number of hydrogen-bond donors (Lipinski definition) is 1. The monoisotopic (exact) mass is 352 g/mol. The van der Waals surface area contributed by atoms with Gasteiger partial charge in [0.15, 0.2) is 23.3 Å². The lowest BCUT2D eigenvalue weighted by Gasteiger charge is -2.38. The van der Waals surface area contributed by atoms with Gasteiger partial charge in [-0.15, -0.1) is 12.4 Å². The van der Waals surface area contributed by atoms with Gasteiger partial charge in [-0.1, -0.05) is 12.8 Å². The Kier molecular flexibility index (Phi) is 6.28. The van der Waals surface area contributed by atoms with Crippen molar-refractivity contribution in [3.8, 4) is 0 Å². The summed E-state index contributed by atoms with van der Waals surface area (Å²) < 4.78 is 55.8. The molecule has 1 N–H and O–H groups in total. The van der Waals surface area contributed by atoms with E-state index in [0.717, 1.165) is 25.7 Å². The lowest BCUT2D eigenvalue weighted by molar-refractivity contribution is 0.117. The van der Waals surface area contributed by atoms with Gasteiger partial charge in [0, 0.05) is 43.9 Å². The van der Waals surface area contributed by atoms with Gasteiger partial charge >= 0.3 is 0 Å². The van der Waals surface area contributed by atoms with Crippen molar-refractivity contribution in [2.45, 2.75) is 31.7 Å². The number of halogens is 5. The first-order chi connectivity index (χ1) is 10.6. The maximum Gasteiger partial charge on any atom is 0.166 e. The SMILES string of the molecule is Cl.Fc1cc(F)c(F)c([C@H](C2CCCC2)N2CCNCC2)c1F. The fourth-order valence-electron chi connectivity index (χ4n) is 3.80. The van der Waals surface area contributed by atoms with E-state index in [4.69, 9.17) is 0 Å². The van der Waals surface area contributed by atoms with Crippen LogP contribution < -0.4 is 5.32 Å². The molecule has 1 atom stereocenters. The smallest absolute Gasteiger partial charge is 0.166 e. The van der Waals surface area contributed by atoms with Gasteiger partial charge in [0.05, 0.1) is 0 Å². The van der Waals surface area contributed by atoms with E-state index < -0.39 is 34.9 Å². The maximum atomic E-state index is 14.3. The molecule has 0 aromatic heterocycles. The molecule has 0 radical (unpaired) electrons. The third-order valence-corrected chi connectivity index (χ3v) is 4.83. The van der Waals surface area contributed by atoms with E-state index in [2.05, 4.69) is 5.32 Å². The Bertz CT molecular complexity index is 517. The summed E-state index contributed by atoms with van der Waals surface area (Å²) in [7, 11) is 0. The summed E-state index contributed by atoms with van der Waals surface area (Å²) >= 11 is 0. The van der Waals surface area contributed by atoms with Crippen molar-refractivity contribution >= 4 is 12.4 Å². The maximum absolute atomic E-state index is 14.3. The fourth-order valence-corrected chi connectivity index (χ4v) is 3.80. The summed E-state index contributed by atoms with van der Waals surface area (Å²) in [4.78, 5) is 1.97. The molecule has 1 heterocycles. The zero-order chi connectivity index (χ0) is 15.7. The topological polar surface area (TPSA) is 15.3 Å². The standard InChI is InChI=1S/C16H20F4N2.ClH/c17-11-9-12(18)15(20)13(14(11)19)16(10-3-1-2-4-10)22-7-5-21-6-8-22;/h9-10,16,21H,1-8H2;1H/t16-;/m0./s1. The first-order valence-electron chi connectivity index (χ1n) is 7.87. The molecule has 1 aromatic carbocycles. The van der Waals surface area contributed by atoms with E-state index in [9.17, 15) is 17.6 Å². The van der Waals surface area contributed by atoms with Gasteiger partial charge in [-0.25, -0.2) is 17.6 Å². The molecule has 23 heavy (non-hydrogen) atoms. The van der Waals surface area contributed by atoms with E-state index in [-0.39, 0.29) is 24.4 Å². The van der Waals surface area contributed by atoms with Crippen LogP contribution in [0.15, 0.2) is 6.07 Å². The minimum Gasteiger partial charge on any atom is -0.314 e. The van der Waals surface area contributed by atoms with Crippen molar-refractivity contribution in [1.29, 1.82) is 0 Å². The molecule has 0 spiro atoms. The quantitative estimate of drug-likeness (QED) is 0.657. The molecule has 1 aliphatic heterocycles. The first-order valence-corrected chi connectivity index (χ1v) is 7.87. The molecule has 2 nitrogen and oxygen atoms in total. The highest BCUT2D eigenvalue weighted by Crippen LogP contribution is 2.42. The van der Waals surface area contributed by atoms with Crippen molar-refractivity contribution in [3.63, 3.8) is 0 Å². The first kappa shape index (κ1) is 18.5. The lowest BCUT2D eigenvalue weighted by atomic mass is 9.88. The van der Waals surface area contributed by atoms with Gasteiger partial charge in [0.2, 0.25) is 0 Å². The Hall–Kier alpha value is -0.850. The number of nitrogens with zero attached hydrogens (tertiary/aromatic N) is 1. The van der Waals surface area contributed by atoms with Crippen LogP contribution in [0.25, 0.3) is 0 Å². The van der Waals surface area contributed by atoms with E-state index in [1.807, 2.05) is 4.90 Å². The van der Waals surface area contributed by atoms with Crippen LogP contribution in [0, 0.1) is 29.2 Å². The third kappa shape index (κ3) is 3.64. The molecule has 130 valence electrons. The molecule has 0 bridgehead atoms. The van der Waals surface area contributed by atoms with Crippen LogP contribution in [0.1, 0.15) is 37.3 Å². The van der Waals surface area contributed by atoms with Crippen molar-refractivity contribution in [1.82, 2.24) is 10.2 Å². The van der Waals surface area contributed by atoms with Gasteiger partial charge in [-0.2, -0.15) is 0 Å². The van der Waals surface area contributed by atoms with Crippen LogP contribution in [0.5, 0.6) is 0 Å². The second kappa shape index (κ2) is 7.81. The minimum atomic E-state index is -1.31. The normalized spacial score (nSPS) is 21.2. The average Bonchev–Trinajstić information content (AvgIpc) is 3.04. The zero-order valence-corrected chi connectivity index (χ0v) is 13.6. The molecule has 0 amide bonds. The van der Waals surface area contributed by atoms with Gasteiger partial charge in [-0.3, -0.25) is 4.90 Å². The Morgan fingerprint density at radius 2 is 1.48 bits per heavy atom. The second-order valence-electron chi connectivity index (χ2n) is 6.16. The van der Waals surface area contributed by atoms with E-state index in [1.165, 1.54) is 0 Å². The lowest BCUT2D eigenvalue weighted by Crippen LogP contribution is -2.47. The largest absolute Gasteiger partial charge is 0.314 e. The molecular formula is C16H21ClF4N2. The van der Waals surface area contributed by atoms with Crippen LogP contribution >= 0.6 is 12.4 Å². The Morgan fingerprint density at radius 1 is 0.957 bits per heavy atom. The molecule has 7 heteroatoms. The van der Waals surface area contributed by atoms with Crippen LogP contribution in [0.4, 0.5) is 17.6 Å². The van der Waals surface area contributed by atoms with Gasteiger partial charge in [0.1, 0.15) is 0 Å². The summed E-state index contributed by atoms with van der Waals surface area (Å²) in [5.41, 5.74) is -0.425. The van der Waals surface area contributed by atoms with Crippen molar-refractivity contribution in [2.75, 3.05) is 26.2 Å². The number of hydrogen-bond acceptors (Lipinski definition) is 2. The van der Waals surface area contributed by atoms with E-state index in [0.29, 0.717) is 26.2 Å². The number of benzene rings is 1. The van der Waals surface area contributed by atoms with E-state index >= 15 is 0 Å². The third-order valence-electron chi connectivity index (χ3n) is 4.83. The summed E-state index contributed by atoms with van der Waals surface area (Å²) in [6, 6.07) is -0.299. The number of nitrogens with one attached hydrogen (secondary N) is 1. The van der Waals surface area contributed by atoms with Crippen molar-refractivity contribution in [2.24, 2.45) is 5.92 Å². The molecule has 2 aliphatic rings. The van der Waals surface area contributed by atoms with Crippen molar-refractivity contribution < 1.29 is 17.6 Å².